The number of rotatable bonds is 4. The molecule has 2 heterocycles. The van der Waals surface area contributed by atoms with E-state index in [1.165, 1.54) is 18.5 Å². The Bertz CT molecular complexity index is 1300. The van der Waals surface area contributed by atoms with Gasteiger partial charge < -0.3 is 15.0 Å². The van der Waals surface area contributed by atoms with Gasteiger partial charge in [0.05, 0.1) is 18.7 Å². The largest absolute Gasteiger partial charge is 0.462 e. The minimum atomic E-state index is -0.717. The number of aromatic nitrogens is 2. The topological polar surface area (TPSA) is 91.6 Å². The first-order valence-corrected chi connectivity index (χ1v) is 9.55. The van der Waals surface area contributed by atoms with Gasteiger partial charge in [0.2, 0.25) is 11.1 Å². The van der Waals surface area contributed by atoms with Gasteiger partial charge in [0.25, 0.3) is 0 Å². The molecule has 1 fully saturated rings. The lowest BCUT2D eigenvalue weighted by Gasteiger charge is -2.18. The summed E-state index contributed by atoms with van der Waals surface area (Å²) in [7, 11) is 0. The fourth-order valence-electron chi connectivity index (χ4n) is 3.72. The van der Waals surface area contributed by atoms with Gasteiger partial charge in [0.1, 0.15) is 17.2 Å². The van der Waals surface area contributed by atoms with Crippen LogP contribution in [-0.4, -0.2) is 22.1 Å². The van der Waals surface area contributed by atoms with Gasteiger partial charge in [-0.1, -0.05) is 0 Å². The molecule has 1 aromatic carbocycles. The molecule has 0 aliphatic heterocycles. The van der Waals surface area contributed by atoms with Crippen LogP contribution in [0.25, 0.3) is 26.9 Å². The summed E-state index contributed by atoms with van der Waals surface area (Å²) in [6.07, 6.45) is 4.73. The number of fused-ring (bicyclic) bond motifs is 1. The quantitative estimate of drug-likeness (QED) is 0.519. The molecule has 152 valence electrons. The molecule has 30 heavy (non-hydrogen) atoms. The second-order valence-electron chi connectivity index (χ2n) is 7.23. The molecule has 2 N–H and O–H groups in total. The molecule has 3 aromatic rings. The number of carbonyl (C=O) groups excluding carboxylic acids is 1. The van der Waals surface area contributed by atoms with Crippen LogP contribution in [-0.2, 0) is 4.74 Å². The molecular weight excluding hydrogens is 387 g/mol. The second kappa shape index (κ2) is 7.26. The molecule has 0 atom stereocenters. The molecule has 0 unspecified atom stereocenters. The molecule has 1 saturated carbocycles. The normalized spacial score (nSPS) is 13.3. The van der Waals surface area contributed by atoms with Gasteiger partial charge in [-0.15, -0.1) is 0 Å². The average molecular weight is 406 g/mol. The number of pyridine rings is 2. The molecule has 1 aliphatic carbocycles. The van der Waals surface area contributed by atoms with Crippen LogP contribution in [0.4, 0.5) is 15.9 Å². The standard InChI is InChI=1S/C22H19FN4O3/c1-4-30-22(29)15-10-27(13-5-6-13)19-11(2)18(16(23)8-14(19)20(15)28)12-7-17(25-3)21(24)26-9-12/h7-10,13H,4-6H2,1-2H3,(H2,24,26). The number of halogens is 1. The number of aryl methyl sites for hydroxylation is 1. The first-order valence-electron chi connectivity index (χ1n) is 9.55. The fourth-order valence-corrected chi connectivity index (χ4v) is 3.72. The van der Waals surface area contributed by atoms with Crippen molar-refractivity contribution in [3.8, 4) is 11.1 Å². The van der Waals surface area contributed by atoms with E-state index >= 15 is 4.39 Å². The Hall–Kier alpha value is -3.73. The number of nitrogen functional groups attached to an aromatic ring is 1. The van der Waals surface area contributed by atoms with Crippen molar-refractivity contribution in [1.29, 1.82) is 0 Å². The molecular formula is C22H19FN4O3. The maximum Gasteiger partial charge on any atom is 0.343 e. The minimum Gasteiger partial charge on any atom is -0.462 e. The number of nitrogens with zero attached hydrogens (tertiary/aromatic N) is 3. The summed E-state index contributed by atoms with van der Waals surface area (Å²) < 4.78 is 22.1. The molecule has 1 aliphatic rings. The van der Waals surface area contributed by atoms with Crippen LogP contribution in [0, 0.1) is 19.3 Å². The van der Waals surface area contributed by atoms with Gasteiger partial charge in [-0.05, 0) is 49.9 Å². The molecule has 0 saturated heterocycles. The maximum atomic E-state index is 15.2. The van der Waals surface area contributed by atoms with Gasteiger partial charge in [-0.3, -0.25) is 9.78 Å². The highest BCUT2D eigenvalue weighted by molar-refractivity contribution is 5.96. The van der Waals surface area contributed by atoms with Crippen LogP contribution in [0.2, 0.25) is 0 Å². The molecule has 8 heteroatoms. The lowest BCUT2D eigenvalue weighted by molar-refractivity contribution is 0.0524. The highest BCUT2D eigenvalue weighted by atomic mass is 19.1. The predicted molar refractivity (Wildman–Crippen MR) is 111 cm³/mol. The van der Waals surface area contributed by atoms with Crippen molar-refractivity contribution >= 4 is 28.4 Å². The Morgan fingerprint density at radius 3 is 2.80 bits per heavy atom. The van der Waals surface area contributed by atoms with Crippen LogP contribution >= 0.6 is 0 Å². The number of benzene rings is 1. The van der Waals surface area contributed by atoms with Gasteiger partial charge in [-0.2, -0.15) is 0 Å². The summed E-state index contributed by atoms with van der Waals surface area (Å²) in [6, 6.07) is 2.76. The van der Waals surface area contributed by atoms with Gasteiger partial charge >= 0.3 is 5.97 Å². The number of hydrogen-bond donors (Lipinski definition) is 1. The van der Waals surface area contributed by atoms with E-state index in [2.05, 4.69) is 9.83 Å². The molecule has 2 aromatic heterocycles. The molecule has 7 nitrogen and oxygen atoms in total. The van der Waals surface area contributed by atoms with Crippen LogP contribution in [0.3, 0.4) is 0 Å². The lowest BCUT2D eigenvalue weighted by Crippen LogP contribution is -2.21. The zero-order valence-electron chi connectivity index (χ0n) is 16.5. The van der Waals surface area contributed by atoms with Gasteiger partial charge in [-0.25, -0.2) is 14.0 Å². The highest BCUT2D eigenvalue weighted by Crippen LogP contribution is 2.40. The Labute approximate surface area is 171 Å². The summed E-state index contributed by atoms with van der Waals surface area (Å²) in [5, 5.41) is 0.125. The third-order valence-electron chi connectivity index (χ3n) is 5.25. The molecule has 0 spiro atoms. The number of hydrogen-bond acceptors (Lipinski definition) is 5. The van der Waals surface area contributed by atoms with Crippen molar-refractivity contribution in [1.82, 2.24) is 9.55 Å². The van der Waals surface area contributed by atoms with Crippen molar-refractivity contribution in [3.05, 3.63) is 63.1 Å². The van der Waals surface area contributed by atoms with E-state index in [1.807, 2.05) is 4.57 Å². The van der Waals surface area contributed by atoms with Crippen molar-refractivity contribution < 1.29 is 13.9 Å². The Kier molecular flexibility index (Phi) is 4.74. The summed E-state index contributed by atoms with van der Waals surface area (Å²) in [5.74, 6) is -1.28. The first-order chi connectivity index (χ1) is 14.4. The van der Waals surface area contributed by atoms with Gasteiger partial charge in [0, 0.05) is 29.4 Å². The van der Waals surface area contributed by atoms with Crippen LogP contribution in [0.5, 0.6) is 0 Å². The SMILES string of the molecule is [C-]#[N+]c1cc(-c2c(F)cc3c(=O)c(C(=O)OCC)cn(C4CC4)c3c2C)cnc1N. The Morgan fingerprint density at radius 2 is 2.17 bits per heavy atom. The second-order valence-corrected chi connectivity index (χ2v) is 7.23. The fraction of sp³-hybridized carbons (Fsp3) is 0.273. The van der Waals surface area contributed by atoms with Crippen molar-refractivity contribution in [2.45, 2.75) is 32.7 Å². The summed E-state index contributed by atoms with van der Waals surface area (Å²) >= 11 is 0. The zero-order valence-corrected chi connectivity index (χ0v) is 16.5. The average Bonchev–Trinajstić information content (AvgIpc) is 3.55. The van der Waals surface area contributed by atoms with E-state index in [9.17, 15) is 9.59 Å². The number of anilines is 1. The monoisotopic (exact) mass is 406 g/mol. The number of ether oxygens (including phenoxy) is 1. The smallest absolute Gasteiger partial charge is 0.343 e. The predicted octanol–water partition coefficient (Wildman–Crippen LogP) is 4.16. The Morgan fingerprint density at radius 1 is 1.43 bits per heavy atom. The molecule has 0 radical (unpaired) electrons. The number of nitrogens with two attached hydrogens (primary N) is 1. The Balaban J connectivity index is 2.04. The summed E-state index contributed by atoms with van der Waals surface area (Å²) in [6.45, 7) is 10.7. The highest BCUT2D eigenvalue weighted by Gasteiger charge is 2.29. The van der Waals surface area contributed by atoms with E-state index in [-0.39, 0.29) is 40.7 Å². The molecule has 0 bridgehead atoms. The summed E-state index contributed by atoms with van der Waals surface area (Å²) in [5.41, 5.74) is 6.90. The lowest BCUT2D eigenvalue weighted by atomic mass is 9.96. The van der Waals surface area contributed by atoms with E-state index in [0.29, 0.717) is 16.6 Å². The number of carbonyl (C=O) groups is 1. The number of esters is 1. The van der Waals surface area contributed by atoms with Crippen LogP contribution < -0.4 is 11.2 Å². The van der Waals surface area contributed by atoms with Crippen molar-refractivity contribution in [2.75, 3.05) is 12.3 Å². The van der Waals surface area contributed by atoms with Crippen LogP contribution in [0.15, 0.2) is 29.3 Å². The van der Waals surface area contributed by atoms with E-state index in [4.69, 9.17) is 17.0 Å². The molecule has 4 rings (SSSR count). The zero-order chi connectivity index (χ0) is 21.6. The maximum absolute atomic E-state index is 15.2. The summed E-state index contributed by atoms with van der Waals surface area (Å²) in [4.78, 5) is 32.6. The minimum absolute atomic E-state index is 0.0709. The van der Waals surface area contributed by atoms with E-state index < -0.39 is 17.2 Å². The third kappa shape index (κ3) is 3.08. The van der Waals surface area contributed by atoms with Crippen molar-refractivity contribution in [3.63, 3.8) is 0 Å². The molecule has 0 amide bonds. The first kappa shape index (κ1) is 19.6. The van der Waals surface area contributed by atoms with Crippen LogP contribution in [0.1, 0.15) is 41.7 Å². The van der Waals surface area contributed by atoms with E-state index in [0.717, 1.165) is 18.9 Å². The van der Waals surface area contributed by atoms with Crippen molar-refractivity contribution in [2.24, 2.45) is 0 Å². The van der Waals surface area contributed by atoms with Gasteiger partial charge in [0.15, 0.2) is 0 Å². The van der Waals surface area contributed by atoms with E-state index in [1.54, 1.807) is 13.8 Å². The third-order valence-corrected chi connectivity index (χ3v) is 5.25.